The fourth-order valence-electron chi connectivity index (χ4n) is 2.20. The SMILES string of the molecule is N#CCCN1C=COc2cc(Br)c(Cl)c3c2=C1NCN=3. The van der Waals surface area contributed by atoms with E-state index < -0.39 is 0 Å². The Morgan fingerprint density at radius 3 is 3.25 bits per heavy atom. The molecule has 0 atom stereocenters. The topological polar surface area (TPSA) is 60.7 Å². The summed E-state index contributed by atoms with van der Waals surface area (Å²) in [5.41, 5.74) is 0. The molecule has 0 aliphatic carbocycles. The highest BCUT2D eigenvalue weighted by atomic mass is 79.9. The van der Waals surface area contributed by atoms with Gasteiger partial charge in [0.25, 0.3) is 0 Å². The van der Waals surface area contributed by atoms with Gasteiger partial charge in [-0.15, -0.1) is 0 Å². The lowest BCUT2D eigenvalue weighted by Crippen LogP contribution is -2.44. The Morgan fingerprint density at radius 2 is 2.45 bits per heavy atom. The van der Waals surface area contributed by atoms with E-state index in [1.54, 1.807) is 12.5 Å². The summed E-state index contributed by atoms with van der Waals surface area (Å²) >= 11 is 9.72. The summed E-state index contributed by atoms with van der Waals surface area (Å²) in [6.45, 7) is 1.01. The van der Waals surface area contributed by atoms with Crippen LogP contribution in [0.3, 0.4) is 0 Å². The first kappa shape index (κ1) is 13.3. The van der Waals surface area contributed by atoms with Gasteiger partial charge >= 0.3 is 0 Å². The van der Waals surface area contributed by atoms with Crippen molar-refractivity contribution in [2.75, 3.05) is 13.2 Å². The number of nitrogens with one attached hydrogen (secondary N) is 1. The molecule has 1 aromatic carbocycles. The summed E-state index contributed by atoms with van der Waals surface area (Å²) < 4.78 is 6.37. The first-order valence-electron chi connectivity index (χ1n) is 6.00. The van der Waals surface area contributed by atoms with Crippen molar-refractivity contribution in [1.29, 1.82) is 5.26 Å². The maximum absolute atomic E-state index is 8.76. The molecule has 0 amide bonds. The third kappa shape index (κ3) is 2.13. The summed E-state index contributed by atoms with van der Waals surface area (Å²) in [7, 11) is 0. The number of halogens is 2. The van der Waals surface area contributed by atoms with Crippen LogP contribution in [-0.2, 0) is 0 Å². The molecule has 1 aromatic rings. The molecule has 2 heterocycles. The quantitative estimate of drug-likeness (QED) is 0.874. The van der Waals surface area contributed by atoms with Crippen molar-refractivity contribution in [2.24, 2.45) is 4.99 Å². The van der Waals surface area contributed by atoms with E-state index in [4.69, 9.17) is 21.6 Å². The van der Waals surface area contributed by atoms with Crippen LogP contribution in [0, 0.1) is 11.3 Å². The molecule has 0 saturated heterocycles. The molecule has 0 saturated carbocycles. The van der Waals surface area contributed by atoms with E-state index in [0.29, 0.717) is 35.8 Å². The minimum Gasteiger partial charge on any atom is -0.463 e. The lowest BCUT2D eigenvalue weighted by molar-refractivity contribution is 0.458. The Bertz CT molecular complexity index is 753. The van der Waals surface area contributed by atoms with Crippen molar-refractivity contribution in [1.82, 2.24) is 10.2 Å². The van der Waals surface area contributed by atoms with Gasteiger partial charge in [0.05, 0.1) is 28.1 Å². The summed E-state index contributed by atoms with van der Waals surface area (Å²) in [5.74, 6) is 1.54. The van der Waals surface area contributed by atoms with Gasteiger partial charge < -0.3 is 15.0 Å². The smallest absolute Gasteiger partial charge is 0.140 e. The fraction of sp³-hybridized carbons (Fsp3) is 0.231. The van der Waals surface area contributed by atoms with E-state index in [-0.39, 0.29) is 0 Å². The van der Waals surface area contributed by atoms with Crippen molar-refractivity contribution in [3.05, 3.63) is 38.6 Å². The molecule has 0 aromatic heterocycles. The average molecular weight is 354 g/mol. The molecular weight excluding hydrogens is 344 g/mol. The van der Waals surface area contributed by atoms with Gasteiger partial charge in [-0.25, -0.2) is 0 Å². The average Bonchev–Trinajstić information content (AvgIpc) is 2.63. The molecule has 5 nitrogen and oxygen atoms in total. The van der Waals surface area contributed by atoms with Crippen LogP contribution in [0.1, 0.15) is 6.42 Å². The number of rotatable bonds is 2. The molecule has 102 valence electrons. The first-order chi connectivity index (χ1) is 9.72. The van der Waals surface area contributed by atoms with Gasteiger partial charge in [-0.2, -0.15) is 5.26 Å². The van der Waals surface area contributed by atoms with Crippen LogP contribution in [0.15, 0.2) is 28.0 Å². The second-order valence-corrected chi connectivity index (χ2v) is 5.47. The van der Waals surface area contributed by atoms with Crippen LogP contribution in [0.5, 0.6) is 5.75 Å². The van der Waals surface area contributed by atoms with Crippen LogP contribution in [0.4, 0.5) is 0 Å². The molecule has 2 aliphatic heterocycles. The van der Waals surface area contributed by atoms with Crippen LogP contribution >= 0.6 is 27.5 Å². The number of nitriles is 1. The van der Waals surface area contributed by atoms with Gasteiger partial charge in [-0.05, 0) is 22.0 Å². The van der Waals surface area contributed by atoms with Crippen LogP contribution in [0.25, 0.3) is 5.82 Å². The van der Waals surface area contributed by atoms with Crippen LogP contribution in [-0.4, -0.2) is 18.1 Å². The van der Waals surface area contributed by atoms with Crippen molar-refractivity contribution in [2.45, 2.75) is 6.42 Å². The van der Waals surface area contributed by atoms with Gasteiger partial charge in [0.2, 0.25) is 0 Å². The van der Waals surface area contributed by atoms with Gasteiger partial charge in [0.15, 0.2) is 0 Å². The van der Waals surface area contributed by atoms with Gasteiger partial charge in [-0.1, -0.05) is 11.6 Å². The lowest BCUT2D eigenvalue weighted by atomic mass is 10.2. The lowest BCUT2D eigenvalue weighted by Gasteiger charge is -2.24. The molecule has 0 spiro atoms. The van der Waals surface area contributed by atoms with E-state index in [1.165, 1.54) is 0 Å². The summed E-state index contributed by atoms with van der Waals surface area (Å²) in [6.07, 6.45) is 3.82. The fourth-order valence-corrected chi connectivity index (χ4v) is 2.80. The maximum Gasteiger partial charge on any atom is 0.140 e. The van der Waals surface area contributed by atoms with E-state index in [9.17, 15) is 0 Å². The monoisotopic (exact) mass is 352 g/mol. The van der Waals surface area contributed by atoms with Crippen LogP contribution in [0.2, 0.25) is 5.02 Å². The highest BCUT2D eigenvalue weighted by molar-refractivity contribution is 9.10. The Kier molecular flexibility index (Phi) is 3.55. The van der Waals surface area contributed by atoms with E-state index in [0.717, 1.165) is 15.5 Å². The number of benzene rings is 1. The molecule has 3 rings (SSSR count). The molecule has 0 radical (unpaired) electrons. The second-order valence-electron chi connectivity index (χ2n) is 4.24. The zero-order valence-electron chi connectivity index (χ0n) is 10.4. The summed E-state index contributed by atoms with van der Waals surface area (Å²) in [5, 5.41) is 14.1. The summed E-state index contributed by atoms with van der Waals surface area (Å²) in [4.78, 5) is 6.35. The molecule has 0 bridgehead atoms. The van der Waals surface area contributed by atoms with Crippen molar-refractivity contribution >= 4 is 33.4 Å². The van der Waals surface area contributed by atoms with E-state index >= 15 is 0 Å². The molecule has 0 fully saturated rings. The molecule has 2 aliphatic rings. The second kappa shape index (κ2) is 5.35. The molecule has 1 N–H and O–H groups in total. The van der Waals surface area contributed by atoms with Gasteiger partial charge in [0, 0.05) is 17.2 Å². The predicted molar refractivity (Wildman–Crippen MR) is 78.0 cm³/mol. The Morgan fingerprint density at radius 1 is 1.60 bits per heavy atom. The molecule has 20 heavy (non-hydrogen) atoms. The normalized spacial score (nSPS) is 15.4. The highest BCUT2D eigenvalue weighted by Crippen LogP contribution is 2.23. The van der Waals surface area contributed by atoms with Gasteiger partial charge in [0.1, 0.15) is 24.5 Å². The Balaban J connectivity index is 2.28. The Labute approximate surface area is 128 Å². The van der Waals surface area contributed by atoms with E-state index in [1.807, 2.05) is 11.0 Å². The van der Waals surface area contributed by atoms with E-state index in [2.05, 4.69) is 32.3 Å². The minimum absolute atomic E-state index is 0.418. The zero-order chi connectivity index (χ0) is 14.1. The number of ether oxygens (including phenoxy) is 1. The highest BCUT2D eigenvalue weighted by Gasteiger charge is 2.20. The van der Waals surface area contributed by atoms with Gasteiger partial charge in [-0.3, -0.25) is 4.99 Å². The first-order valence-corrected chi connectivity index (χ1v) is 7.17. The Hall–Kier alpha value is -1.71. The minimum atomic E-state index is 0.418. The van der Waals surface area contributed by atoms with Crippen molar-refractivity contribution in [3.63, 3.8) is 0 Å². The van der Waals surface area contributed by atoms with Crippen molar-refractivity contribution in [3.8, 4) is 11.8 Å². The number of hydrogen-bond donors (Lipinski definition) is 1. The predicted octanol–water partition coefficient (Wildman–Crippen LogP) is 1.43. The molecule has 0 unspecified atom stereocenters. The molecular formula is C13H10BrClN4O. The standard InChI is InChI=1S/C13H10BrClN4O/c14-8-6-9-10-12(11(8)15)17-7-18-13(10)19(3-1-2-16)4-5-20-9/h4-6,18H,1,3,7H2. The zero-order valence-corrected chi connectivity index (χ0v) is 12.7. The summed E-state index contributed by atoms with van der Waals surface area (Å²) in [6, 6.07) is 3.96. The third-order valence-electron chi connectivity index (χ3n) is 3.07. The number of hydrogen-bond acceptors (Lipinski definition) is 5. The number of nitrogens with zero attached hydrogens (tertiary/aromatic N) is 3. The largest absolute Gasteiger partial charge is 0.463 e. The third-order valence-corrected chi connectivity index (χ3v) is 4.30. The van der Waals surface area contributed by atoms with Crippen molar-refractivity contribution < 1.29 is 4.74 Å². The van der Waals surface area contributed by atoms with Crippen LogP contribution < -0.4 is 20.6 Å². The maximum atomic E-state index is 8.76. The molecule has 7 heteroatoms.